The van der Waals surface area contributed by atoms with Crippen molar-refractivity contribution in [3.05, 3.63) is 46.7 Å². The minimum absolute atomic E-state index is 0.0541. The second-order valence-corrected chi connectivity index (χ2v) is 5.62. The molecule has 3 aromatic rings. The van der Waals surface area contributed by atoms with Gasteiger partial charge in [-0.15, -0.1) is 10.2 Å². The van der Waals surface area contributed by atoms with E-state index < -0.39 is 0 Å². The molecule has 0 saturated heterocycles. The molecule has 116 valence electrons. The van der Waals surface area contributed by atoms with Gasteiger partial charge in [-0.05, 0) is 35.7 Å². The molecular formula is C15H13N5O2S. The van der Waals surface area contributed by atoms with E-state index in [2.05, 4.69) is 20.7 Å². The van der Waals surface area contributed by atoms with Gasteiger partial charge in [-0.3, -0.25) is 9.59 Å². The molecule has 0 spiro atoms. The van der Waals surface area contributed by atoms with Crippen molar-refractivity contribution in [3.8, 4) is 11.4 Å². The minimum atomic E-state index is -0.292. The van der Waals surface area contributed by atoms with Crippen LogP contribution in [0.3, 0.4) is 0 Å². The van der Waals surface area contributed by atoms with E-state index in [0.29, 0.717) is 17.1 Å². The molecule has 0 aliphatic heterocycles. The van der Waals surface area contributed by atoms with Crippen molar-refractivity contribution in [2.45, 2.75) is 13.5 Å². The average Bonchev–Trinajstić information content (AvgIpc) is 3.18. The number of rotatable bonds is 5. The first-order valence-electron chi connectivity index (χ1n) is 6.83. The molecule has 2 heterocycles. The SMILES string of the molecule is CC(=O)c1cccc(NC(=O)Cn2nnc(-c3ccsc3)n2)c1. The van der Waals surface area contributed by atoms with Crippen LogP contribution in [0.4, 0.5) is 5.69 Å². The lowest BCUT2D eigenvalue weighted by Gasteiger charge is -2.05. The number of hydrogen-bond acceptors (Lipinski definition) is 6. The molecule has 8 heteroatoms. The average molecular weight is 327 g/mol. The molecule has 7 nitrogen and oxygen atoms in total. The monoisotopic (exact) mass is 327 g/mol. The number of anilines is 1. The molecule has 0 radical (unpaired) electrons. The zero-order valence-electron chi connectivity index (χ0n) is 12.3. The maximum absolute atomic E-state index is 12.0. The summed E-state index contributed by atoms with van der Waals surface area (Å²) in [7, 11) is 0. The number of thiophene rings is 1. The van der Waals surface area contributed by atoms with Gasteiger partial charge in [-0.25, -0.2) is 0 Å². The van der Waals surface area contributed by atoms with Crippen molar-refractivity contribution < 1.29 is 9.59 Å². The molecule has 3 rings (SSSR count). The van der Waals surface area contributed by atoms with Crippen molar-refractivity contribution in [1.29, 1.82) is 0 Å². The Morgan fingerprint density at radius 1 is 1.30 bits per heavy atom. The van der Waals surface area contributed by atoms with E-state index in [1.807, 2.05) is 16.8 Å². The Bertz CT molecular complexity index is 841. The van der Waals surface area contributed by atoms with E-state index in [9.17, 15) is 9.59 Å². The maximum atomic E-state index is 12.0. The summed E-state index contributed by atoms with van der Waals surface area (Å²) in [6.07, 6.45) is 0. The Morgan fingerprint density at radius 2 is 2.17 bits per heavy atom. The first kappa shape index (κ1) is 15.0. The van der Waals surface area contributed by atoms with E-state index >= 15 is 0 Å². The first-order chi connectivity index (χ1) is 11.1. The molecule has 0 bridgehead atoms. The predicted molar refractivity (Wildman–Crippen MR) is 86.2 cm³/mol. The smallest absolute Gasteiger partial charge is 0.248 e. The van der Waals surface area contributed by atoms with Crippen molar-refractivity contribution in [2.75, 3.05) is 5.32 Å². The Labute approximate surface area is 136 Å². The van der Waals surface area contributed by atoms with Crippen LogP contribution in [-0.2, 0) is 11.3 Å². The molecule has 23 heavy (non-hydrogen) atoms. The minimum Gasteiger partial charge on any atom is -0.324 e. The van der Waals surface area contributed by atoms with Gasteiger partial charge in [0, 0.05) is 22.2 Å². The van der Waals surface area contributed by atoms with Gasteiger partial charge in [0.05, 0.1) is 0 Å². The summed E-state index contributed by atoms with van der Waals surface area (Å²) in [6.45, 7) is 1.42. The summed E-state index contributed by atoms with van der Waals surface area (Å²) in [5.41, 5.74) is 1.97. The number of nitrogens with zero attached hydrogens (tertiary/aromatic N) is 4. The van der Waals surface area contributed by atoms with E-state index in [1.54, 1.807) is 24.3 Å². The summed E-state index contributed by atoms with van der Waals surface area (Å²) in [6, 6.07) is 8.65. The lowest BCUT2D eigenvalue weighted by molar-refractivity contribution is -0.117. The summed E-state index contributed by atoms with van der Waals surface area (Å²) in [4.78, 5) is 24.6. The normalized spacial score (nSPS) is 10.5. The highest BCUT2D eigenvalue weighted by Gasteiger charge is 2.10. The Balaban J connectivity index is 1.66. The molecule has 0 saturated carbocycles. The highest BCUT2D eigenvalue weighted by atomic mass is 32.1. The largest absolute Gasteiger partial charge is 0.324 e. The fourth-order valence-corrected chi connectivity index (χ4v) is 2.60. The predicted octanol–water partition coefficient (Wildman–Crippen LogP) is 2.24. The fourth-order valence-electron chi connectivity index (χ4n) is 1.96. The Kier molecular flexibility index (Phi) is 4.24. The molecule has 0 atom stereocenters. The Hall–Kier alpha value is -2.87. The maximum Gasteiger partial charge on any atom is 0.248 e. The molecule has 1 aromatic carbocycles. The molecule has 0 fully saturated rings. The number of aromatic nitrogens is 4. The third-order valence-electron chi connectivity index (χ3n) is 3.07. The van der Waals surface area contributed by atoms with Crippen molar-refractivity contribution in [3.63, 3.8) is 0 Å². The lowest BCUT2D eigenvalue weighted by atomic mass is 10.1. The fraction of sp³-hybridized carbons (Fsp3) is 0.133. The van der Waals surface area contributed by atoms with Crippen LogP contribution in [0, 0.1) is 0 Å². The van der Waals surface area contributed by atoms with Gasteiger partial charge in [-0.2, -0.15) is 16.1 Å². The van der Waals surface area contributed by atoms with E-state index in [4.69, 9.17) is 0 Å². The number of amides is 1. The van der Waals surface area contributed by atoms with Crippen LogP contribution in [0.25, 0.3) is 11.4 Å². The van der Waals surface area contributed by atoms with Crippen LogP contribution in [0.5, 0.6) is 0 Å². The van der Waals surface area contributed by atoms with Crippen LogP contribution in [-0.4, -0.2) is 31.9 Å². The van der Waals surface area contributed by atoms with Gasteiger partial charge in [-0.1, -0.05) is 12.1 Å². The molecule has 0 aliphatic carbocycles. The third kappa shape index (κ3) is 3.67. The number of ketones is 1. The molecule has 0 unspecified atom stereocenters. The molecule has 0 aliphatic rings. The summed E-state index contributed by atoms with van der Waals surface area (Å²) in [5.74, 6) is 0.136. The number of Topliss-reactive ketones (excluding diaryl/α,β-unsaturated/α-hetero) is 1. The molecule has 1 N–H and O–H groups in total. The second kappa shape index (κ2) is 6.49. The van der Waals surface area contributed by atoms with Crippen molar-refractivity contribution >= 4 is 28.7 Å². The quantitative estimate of drug-likeness (QED) is 0.726. The van der Waals surface area contributed by atoms with Crippen LogP contribution in [0.15, 0.2) is 41.1 Å². The number of tetrazole rings is 1. The van der Waals surface area contributed by atoms with Gasteiger partial charge in [0.15, 0.2) is 5.78 Å². The van der Waals surface area contributed by atoms with Gasteiger partial charge in [0.2, 0.25) is 11.7 Å². The van der Waals surface area contributed by atoms with Gasteiger partial charge in [0.1, 0.15) is 6.54 Å². The highest BCUT2D eigenvalue weighted by molar-refractivity contribution is 7.08. The number of benzene rings is 1. The summed E-state index contributed by atoms with van der Waals surface area (Å²) < 4.78 is 0. The Morgan fingerprint density at radius 3 is 2.91 bits per heavy atom. The summed E-state index contributed by atoms with van der Waals surface area (Å²) in [5, 5.41) is 18.5. The van der Waals surface area contributed by atoms with Gasteiger partial charge in [0.25, 0.3) is 0 Å². The highest BCUT2D eigenvalue weighted by Crippen LogP contribution is 2.16. The topological polar surface area (TPSA) is 89.8 Å². The van der Waals surface area contributed by atoms with Crippen LogP contribution in [0.2, 0.25) is 0 Å². The van der Waals surface area contributed by atoms with E-state index in [1.165, 1.54) is 23.1 Å². The standard InChI is InChI=1S/C15H13N5O2S/c1-10(21)11-3-2-4-13(7-11)16-14(22)8-20-18-15(17-19-20)12-5-6-23-9-12/h2-7,9H,8H2,1H3,(H,16,22). The van der Waals surface area contributed by atoms with Crippen LogP contribution >= 0.6 is 11.3 Å². The van der Waals surface area contributed by atoms with E-state index in [0.717, 1.165) is 5.56 Å². The number of hydrogen-bond donors (Lipinski definition) is 1. The molecule has 2 aromatic heterocycles. The molecule has 1 amide bonds. The first-order valence-corrected chi connectivity index (χ1v) is 7.77. The number of carbonyl (C=O) groups excluding carboxylic acids is 2. The third-order valence-corrected chi connectivity index (χ3v) is 3.75. The number of carbonyl (C=O) groups is 2. The number of nitrogens with one attached hydrogen (secondary N) is 1. The molecular weight excluding hydrogens is 314 g/mol. The van der Waals surface area contributed by atoms with Gasteiger partial charge >= 0.3 is 0 Å². The zero-order chi connectivity index (χ0) is 16.2. The van der Waals surface area contributed by atoms with E-state index in [-0.39, 0.29) is 18.2 Å². The van der Waals surface area contributed by atoms with Gasteiger partial charge < -0.3 is 5.32 Å². The van der Waals surface area contributed by atoms with Crippen LogP contribution < -0.4 is 5.32 Å². The van der Waals surface area contributed by atoms with Crippen molar-refractivity contribution in [2.24, 2.45) is 0 Å². The van der Waals surface area contributed by atoms with Crippen molar-refractivity contribution in [1.82, 2.24) is 20.2 Å². The zero-order valence-corrected chi connectivity index (χ0v) is 13.1. The second-order valence-electron chi connectivity index (χ2n) is 4.84. The van der Waals surface area contributed by atoms with Crippen LogP contribution in [0.1, 0.15) is 17.3 Å². The summed E-state index contributed by atoms with van der Waals surface area (Å²) >= 11 is 1.54. The lowest BCUT2D eigenvalue weighted by Crippen LogP contribution is -2.20.